The highest BCUT2D eigenvalue weighted by Gasteiger charge is 2.44. The lowest BCUT2D eigenvalue weighted by Crippen LogP contribution is -2.46. The van der Waals surface area contributed by atoms with E-state index < -0.39 is 11.7 Å². The lowest BCUT2D eigenvalue weighted by molar-refractivity contribution is -0.143. The summed E-state index contributed by atoms with van der Waals surface area (Å²) >= 11 is 0. The Balaban J connectivity index is 1.58. The highest BCUT2D eigenvalue weighted by Crippen LogP contribution is 2.37. The van der Waals surface area contributed by atoms with Crippen LogP contribution in [0.25, 0.3) is 0 Å². The minimum absolute atomic E-state index is 0.0220. The molecule has 0 saturated carbocycles. The van der Waals surface area contributed by atoms with Crippen LogP contribution >= 0.6 is 0 Å². The molecule has 3 N–H and O–H groups in total. The lowest BCUT2D eigenvalue weighted by Gasteiger charge is -2.39. The summed E-state index contributed by atoms with van der Waals surface area (Å²) in [5.41, 5.74) is 1.90. The van der Waals surface area contributed by atoms with Gasteiger partial charge in [0.2, 0.25) is 0 Å². The molecule has 160 valence electrons. The van der Waals surface area contributed by atoms with E-state index in [1.165, 1.54) is 17.7 Å². The molecule has 2 aliphatic heterocycles. The van der Waals surface area contributed by atoms with Crippen molar-refractivity contribution in [3.8, 4) is 0 Å². The predicted molar refractivity (Wildman–Crippen MR) is 109 cm³/mol. The Morgan fingerprint density at radius 2 is 2.00 bits per heavy atom. The number of halogens is 1. The number of aliphatic hydroxyl groups excluding tert-OH is 1. The summed E-state index contributed by atoms with van der Waals surface area (Å²) in [7, 11) is 0. The minimum atomic E-state index is -1.14. The topological polar surface area (TPSA) is 82.0 Å². The van der Waals surface area contributed by atoms with Crippen molar-refractivity contribution in [2.45, 2.75) is 30.6 Å². The third kappa shape index (κ3) is 4.25. The van der Waals surface area contributed by atoms with Crippen LogP contribution in [0.4, 0.5) is 4.39 Å². The molecule has 1 fully saturated rings. The first-order valence-corrected chi connectivity index (χ1v) is 10.3. The summed E-state index contributed by atoms with van der Waals surface area (Å²) < 4.78 is 19.2. The number of aliphatic hydroxyl groups is 2. The third-order valence-electron chi connectivity index (χ3n) is 5.89. The zero-order chi connectivity index (χ0) is 21.1. The van der Waals surface area contributed by atoms with Crippen LogP contribution in [-0.4, -0.2) is 65.6 Å². The van der Waals surface area contributed by atoms with Gasteiger partial charge in [-0.25, -0.2) is 4.39 Å². The lowest BCUT2D eigenvalue weighted by atomic mass is 9.87. The van der Waals surface area contributed by atoms with E-state index in [1.54, 1.807) is 17.0 Å². The Kier molecular flexibility index (Phi) is 6.15. The highest BCUT2D eigenvalue weighted by molar-refractivity contribution is 5.82. The molecule has 3 atom stereocenters. The number of nitrogens with zero attached hydrogens (tertiary/aromatic N) is 1. The Morgan fingerprint density at radius 1 is 1.23 bits per heavy atom. The normalized spacial score (nSPS) is 25.9. The van der Waals surface area contributed by atoms with Gasteiger partial charge in [-0.3, -0.25) is 4.79 Å². The molecule has 0 unspecified atom stereocenters. The number of rotatable bonds is 6. The summed E-state index contributed by atoms with van der Waals surface area (Å²) in [5, 5.41) is 22.6. The zero-order valence-electron chi connectivity index (χ0n) is 16.8. The van der Waals surface area contributed by atoms with E-state index in [4.69, 9.17) is 9.84 Å². The molecule has 0 spiro atoms. The maximum absolute atomic E-state index is 13.5. The zero-order valence-corrected chi connectivity index (χ0v) is 16.8. The fraction of sp³-hybridized carbons (Fsp3) is 0.435. The molecule has 2 aromatic carbocycles. The van der Waals surface area contributed by atoms with Gasteiger partial charge in [0.05, 0.1) is 19.3 Å². The minimum Gasteiger partial charge on any atom is -0.395 e. The van der Waals surface area contributed by atoms with Crippen LogP contribution in [0.3, 0.4) is 0 Å². The molecule has 0 aromatic heterocycles. The maximum atomic E-state index is 13.5. The molecule has 1 amide bonds. The third-order valence-corrected chi connectivity index (χ3v) is 5.89. The monoisotopic (exact) mass is 414 g/mol. The number of hydrogen-bond donors (Lipinski definition) is 3. The van der Waals surface area contributed by atoms with Gasteiger partial charge in [0.1, 0.15) is 17.5 Å². The van der Waals surface area contributed by atoms with Crippen molar-refractivity contribution in [2.75, 3.05) is 32.8 Å². The first kappa shape index (κ1) is 20.9. The molecular formula is C23H27FN2O4. The van der Waals surface area contributed by atoms with E-state index in [1.807, 2.05) is 18.2 Å². The molecule has 2 aromatic rings. The van der Waals surface area contributed by atoms with Crippen molar-refractivity contribution in [3.05, 3.63) is 71.0 Å². The number of benzene rings is 2. The molecule has 2 aliphatic rings. The second kappa shape index (κ2) is 8.81. The van der Waals surface area contributed by atoms with Gasteiger partial charge in [0, 0.05) is 26.1 Å². The average Bonchev–Trinajstić information content (AvgIpc) is 3.15. The SMILES string of the molecule is O=C([C@H]1C[C@@](O)(CNCCO)CO1)N1CCc2ccccc2[C@@H]1c1ccc(F)cc1. The van der Waals surface area contributed by atoms with Gasteiger partial charge in [-0.1, -0.05) is 36.4 Å². The van der Waals surface area contributed by atoms with E-state index >= 15 is 0 Å². The summed E-state index contributed by atoms with van der Waals surface area (Å²) in [6, 6.07) is 13.9. The highest BCUT2D eigenvalue weighted by atomic mass is 19.1. The molecule has 2 heterocycles. The van der Waals surface area contributed by atoms with Gasteiger partial charge >= 0.3 is 0 Å². The summed E-state index contributed by atoms with van der Waals surface area (Å²) in [4.78, 5) is 15.2. The molecule has 30 heavy (non-hydrogen) atoms. The second-order valence-electron chi connectivity index (χ2n) is 8.06. The Hall–Kier alpha value is -2.32. The molecule has 6 nitrogen and oxygen atoms in total. The van der Waals surface area contributed by atoms with Gasteiger partial charge < -0.3 is 25.2 Å². The molecular weight excluding hydrogens is 387 g/mol. The van der Waals surface area contributed by atoms with Crippen molar-refractivity contribution >= 4 is 5.91 Å². The number of amides is 1. The van der Waals surface area contributed by atoms with Crippen LogP contribution in [0.15, 0.2) is 48.5 Å². The maximum Gasteiger partial charge on any atom is 0.252 e. The van der Waals surface area contributed by atoms with E-state index in [9.17, 15) is 14.3 Å². The molecule has 4 rings (SSSR count). The number of nitrogens with one attached hydrogen (secondary N) is 1. The van der Waals surface area contributed by atoms with E-state index in [2.05, 4.69) is 11.4 Å². The largest absolute Gasteiger partial charge is 0.395 e. The second-order valence-corrected chi connectivity index (χ2v) is 8.06. The smallest absolute Gasteiger partial charge is 0.252 e. The first-order chi connectivity index (χ1) is 14.5. The van der Waals surface area contributed by atoms with E-state index in [0.717, 1.165) is 17.5 Å². The molecule has 0 aliphatic carbocycles. The fourth-order valence-corrected chi connectivity index (χ4v) is 4.39. The van der Waals surface area contributed by atoms with Crippen molar-refractivity contribution in [1.29, 1.82) is 0 Å². The Bertz CT molecular complexity index is 891. The van der Waals surface area contributed by atoms with Crippen LogP contribution in [0.1, 0.15) is 29.2 Å². The van der Waals surface area contributed by atoms with Crippen molar-refractivity contribution in [3.63, 3.8) is 0 Å². The number of carbonyl (C=O) groups is 1. The van der Waals surface area contributed by atoms with Crippen LogP contribution < -0.4 is 5.32 Å². The Labute approximate surface area is 175 Å². The first-order valence-electron chi connectivity index (χ1n) is 10.3. The average molecular weight is 414 g/mol. The van der Waals surface area contributed by atoms with Gasteiger partial charge in [-0.05, 0) is 35.2 Å². The van der Waals surface area contributed by atoms with Crippen LogP contribution in [0.2, 0.25) is 0 Å². The van der Waals surface area contributed by atoms with Gasteiger partial charge in [0.25, 0.3) is 5.91 Å². The predicted octanol–water partition coefficient (Wildman–Crippen LogP) is 1.40. The van der Waals surface area contributed by atoms with Crippen LogP contribution in [-0.2, 0) is 16.0 Å². The van der Waals surface area contributed by atoms with Crippen LogP contribution in [0, 0.1) is 5.82 Å². The summed E-state index contributed by atoms with van der Waals surface area (Å²) in [6.07, 6.45) is 0.187. The quantitative estimate of drug-likeness (QED) is 0.623. The molecule has 7 heteroatoms. The number of carbonyl (C=O) groups excluding carboxylic acids is 1. The van der Waals surface area contributed by atoms with Crippen molar-refractivity contribution < 1.29 is 24.1 Å². The van der Waals surface area contributed by atoms with Crippen molar-refractivity contribution in [1.82, 2.24) is 10.2 Å². The number of hydrogen-bond acceptors (Lipinski definition) is 5. The number of fused-ring (bicyclic) bond motifs is 1. The molecule has 0 radical (unpaired) electrons. The standard InChI is InChI=1S/C23H27FN2O4/c24-18-7-5-17(6-8-18)21-19-4-2-1-3-16(19)9-11-26(21)22(28)20-13-23(29,15-30-20)14-25-10-12-27/h1-8,20-21,25,27,29H,9-15H2/t20-,21+,23-/m1/s1. The van der Waals surface area contributed by atoms with Gasteiger partial charge in [-0.2, -0.15) is 0 Å². The van der Waals surface area contributed by atoms with Gasteiger partial charge in [0.15, 0.2) is 0 Å². The van der Waals surface area contributed by atoms with E-state index in [-0.39, 0.29) is 43.9 Å². The fourth-order valence-electron chi connectivity index (χ4n) is 4.39. The van der Waals surface area contributed by atoms with Gasteiger partial charge in [-0.15, -0.1) is 0 Å². The Morgan fingerprint density at radius 3 is 2.77 bits per heavy atom. The van der Waals surface area contributed by atoms with E-state index in [0.29, 0.717) is 13.1 Å². The van der Waals surface area contributed by atoms with Crippen molar-refractivity contribution in [2.24, 2.45) is 0 Å². The summed E-state index contributed by atoms with van der Waals surface area (Å²) in [6.45, 7) is 1.19. The molecule has 0 bridgehead atoms. The number of ether oxygens (including phenoxy) is 1. The van der Waals surface area contributed by atoms with Crippen LogP contribution in [0.5, 0.6) is 0 Å². The summed E-state index contributed by atoms with van der Waals surface area (Å²) in [5.74, 6) is -0.489. The molecule has 1 saturated heterocycles.